The zero-order valence-corrected chi connectivity index (χ0v) is 12.9. The van der Waals surface area contributed by atoms with Crippen LogP contribution in [0.15, 0.2) is 18.2 Å². The molecule has 0 amide bonds. The Hall–Kier alpha value is -2.32. The molecule has 2 rings (SSSR count). The fourth-order valence-corrected chi connectivity index (χ4v) is 2.65. The summed E-state index contributed by atoms with van der Waals surface area (Å²) >= 11 is 0. The van der Waals surface area contributed by atoms with Gasteiger partial charge in [-0.15, -0.1) is 0 Å². The SMILES string of the molecule is CCOC(=O)C1(c2ccc([N+](=O)[O-])c(OCC(F)(F)F)c2)CCC1. The van der Waals surface area contributed by atoms with Gasteiger partial charge in [-0.1, -0.05) is 12.5 Å². The van der Waals surface area contributed by atoms with Gasteiger partial charge in [0.25, 0.3) is 0 Å². The zero-order valence-electron chi connectivity index (χ0n) is 12.9. The molecular weight excluding hydrogens is 331 g/mol. The predicted molar refractivity (Wildman–Crippen MR) is 76.8 cm³/mol. The highest BCUT2D eigenvalue weighted by Gasteiger charge is 2.47. The van der Waals surface area contributed by atoms with Crippen molar-refractivity contribution in [3.05, 3.63) is 33.9 Å². The van der Waals surface area contributed by atoms with E-state index in [1.807, 2.05) is 0 Å². The number of nitro benzene ring substituents is 1. The summed E-state index contributed by atoms with van der Waals surface area (Å²) in [5.74, 6) is -0.989. The van der Waals surface area contributed by atoms with E-state index in [1.165, 1.54) is 6.07 Å². The standard InChI is InChI=1S/C15H16F3NO5/c1-2-23-13(20)14(6-3-7-14)10-4-5-11(19(21)22)12(8-10)24-9-15(16,17)18/h4-5,8H,2-3,6-7,9H2,1H3. The van der Waals surface area contributed by atoms with Crippen molar-refractivity contribution < 1.29 is 32.4 Å². The van der Waals surface area contributed by atoms with Crippen molar-refractivity contribution in [1.82, 2.24) is 0 Å². The number of benzene rings is 1. The number of nitrogens with zero attached hydrogens (tertiary/aromatic N) is 1. The lowest BCUT2D eigenvalue weighted by atomic mass is 9.64. The molecule has 0 N–H and O–H groups in total. The first-order chi connectivity index (χ1) is 11.2. The van der Waals surface area contributed by atoms with Gasteiger partial charge in [-0.3, -0.25) is 14.9 Å². The Morgan fingerprint density at radius 1 is 1.38 bits per heavy atom. The van der Waals surface area contributed by atoms with Crippen LogP contribution >= 0.6 is 0 Å². The maximum Gasteiger partial charge on any atom is 0.422 e. The zero-order chi connectivity index (χ0) is 18.0. The van der Waals surface area contributed by atoms with Crippen LogP contribution in [0.3, 0.4) is 0 Å². The van der Waals surface area contributed by atoms with Crippen LogP contribution in [-0.2, 0) is 14.9 Å². The smallest absolute Gasteiger partial charge is 0.422 e. The Morgan fingerprint density at radius 2 is 2.04 bits per heavy atom. The molecule has 0 unspecified atom stereocenters. The monoisotopic (exact) mass is 347 g/mol. The van der Waals surface area contributed by atoms with Crippen molar-refractivity contribution in [3.8, 4) is 5.75 Å². The van der Waals surface area contributed by atoms with Crippen molar-refractivity contribution >= 4 is 11.7 Å². The molecule has 24 heavy (non-hydrogen) atoms. The average molecular weight is 347 g/mol. The van der Waals surface area contributed by atoms with Crippen molar-refractivity contribution in [2.75, 3.05) is 13.2 Å². The van der Waals surface area contributed by atoms with Gasteiger partial charge in [-0.2, -0.15) is 13.2 Å². The van der Waals surface area contributed by atoms with Crippen LogP contribution in [0.1, 0.15) is 31.7 Å². The van der Waals surface area contributed by atoms with E-state index < -0.39 is 40.5 Å². The van der Waals surface area contributed by atoms with Gasteiger partial charge in [0.2, 0.25) is 0 Å². The van der Waals surface area contributed by atoms with Gasteiger partial charge >= 0.3 is 17.8 Å². The normalized spacial score (nSPS) is 16.2. The minimum Gasteiger partial charge on any atom is -0.477 e. The van der Waals surface area contributed by atoms with Gasteiger partial charge in [0, 0.05) is 6.07 Å². The second kappa shape index (κ2) is 6.66. The number of halogens is 3. The number of ether oxygens (including phenoxy) is 2. The summed E-state index contributed by atoms with van der Waals surface area (Å²) in [5.41, 5.74) is -1.18. The van der Waals surface area contributed by atoms with Crippen LogP contribution in [0.2, 0.25) is 0 Å². The minimum absolute atomic E-state index is 0.172. The Balaban J connectivity index is 2.38. The highest BCUT2D eigenvalue weighted by molar-refractivity contribution is 5.84. The average Bonchev–Trinajstić information content (AvgIpc) is 2.43. The fourth-order valence-electron chi connectivity index (χ4n) is 2.65. The van der Waals surface area contributed by atoms with Crippen molar-refractivity contribution in [2.24, 2.45) is 0 Å². The number of rotatable bonds is 6. The van der Waals surface area contributed by atoms with Gasteiger partial charge < -0.3 is 9.47 Å². The molecule has 1 aromatic carbocycles. The lowest BCUT2D eigenvalue weighted by Crippen LogP contribution is -2.43. The van der Waals surface area contributed by atoms with Gasteiger partial charge in [0.15, 0.2) is 12.4 Å². The van der Waals surface area contributed by atoms with Crippen molar-refractivity contribution in [1.29, 1.82) is 0 Å². The molecule has 0 aliphatic heterocycles. The molecule has 0 spiro atoms. The van der Waals surface area contributed by atoms with E-state index >= 15 is 0 Å². The van der Waals surface area contributed by atoms with Crippen LogP contribution < -0.4 is 4.74 Å². The lowest BCUT2D eigenvalue weighted by molar-refractivity contribution is -0.386. The van der Waals surface area contributed by atoms with E-state index in [4.69, 9.17) is 4.74 Å². The van der Waals surface area contributed by atoms with Crippen LogP contribution in [0.5, 0.6) is 5.75 Å². The van der Waals surface area contributed by atoms with Gasteiger partial charge in [0.1, 0.15) is 0 Å². The number of nitro groups is 1. The first kappa shape index (κ1) is 18.0. The molecule has 0 saturated heterocycles. The van der Waals surface area contributed by atoms with E-state index in [0.717, 1.165) is 18.6 Å². The van der Waals surface area contributed by atoms with E-state index in [-0.39, 0.29) is 6.61 Å². The second-order valence-corrected chi connectivity index (χ2v) is 5.50. The Morgan fingerprint density at radius 3 is 2.50 bits per heavy atom. The largest absolute Gasteiger partial charge is 0.477 e. The third-order valence-electron chi connectivity index (χ3n) is 3.97. The number of carbonyl (C=O) groups excluding carboxylic acids is 1. The number of carbonyl (C=O) groups is 1. The van der Waals surface area contributed by atoms with Gasteiger partial charge in [-0.05, 0) is 31.4 Å². The molecule has 0 bridgehead atoms. The van der Waals surface area contributed by atoms with E-state index in [0.29, 0.717) is 18.4 Å². The molecule has 9 heteroatoms. The quantitative estimate of drug-likeness (QED) is 0.447. The molecule has 6 nitrogen and oxygen atoms in total. The van der Waals surface area contributed by atoms with E-state index in [1.54, 1.807) is 6.92 Å². The number of hydrogen-bond donors (Lipinski definition) is 0. The summed E-state index contributed by atoms with van der Waals surface area (Å²) in [6.45, 7) is 0.173. The molecule has 1 aliphatic rings. The molecular formula is C15H16F3NO5. The second-order valence-electron chi connectivity index (χ2n) is 5.50. The fraction of sp³-hybridized carbons (Fsp3) is 0.533. The Kier molecular flexibility index (Phi) is 5.00. The molecule has 132 valence electrons. The Labute approximate surface area is 135 Å². The maximum atomic E-state index is 12.3. The first-order valence-corrected chi connectivity index (χ1v) is 7.35. The lowest BCUT2D eigenvalue weighted by Gasteiger charge is -2.39. The van der Waals surface area contributed by atoms with Crippen LogP contribution in [0.25, 0.3) is 0 Å². The summed E-state index contributed by atoms with van der Waals surface area (Å²) < 4.78 is 46.7. The number of esters is 1. The highest BCUT2D eigenvalue weighted by Crippen LogP contribution is 2.46. The Bertz CT molecular complexity index is 640. The summed E-state index contributed by atoms with van der Waals surface area (Å²) in [4.78, 5) is 22.4. The summed E-state index contributed by atoms with van der Waals surface area (Å²) in [7, 11) is 0. The highest BCUT2D eigenvalue weighted by atomic mass is 19.4. The van der Waals surface area contributed by atoms with E-state index in [2.05, 4.69) is 4.74 Å². The van der Waals surface area contributed by atoms with Crippen molar-refractivity contribution in [2.45, 2.75) is 37.8 Å². The number of hydrogen-bond acceptors (Lipinski definition) is 5. The third-order valence-corrected chi connectivity index (χ3v) is 3.97. The molecule has 1 saturated carbocycles. The first-order valence-electron chi connectivity index (χ1n) is 7.35. The van der Waals surface area contributed by atoms with Gasteiger partial charge in [-0.25, -0.2) is 0 Å². The molecule has 0 heterocycles. The summed E-state index contributed by atoms with van der Waals surface area (Å²) in [6.07, 6.45) is -2.92. The molecule has 0 aromatic heterocycles. The molecule has 0 radical (unpaired) electrons. The molecule has 1 aromatic rings. The minimum atomic E-state index is -4.63. The van der Waals surface area contributed by atoms with Crippen LogP contribution in [0, 0.1) is 10.1 Å². The molecule has 0 atom stereocenters. The van der Waals surface area contributed by atoms with Crippen LogP contribution in [0.4, 0.5) is 18.9 Å². The van der Waals surface area contributed by atoms with E-state index in [9.17, 15) is 28.1 Å². The van der Waals surface area contributed by atoms with Crippen LogP contribution in [-0.4, -0.2) is 30.3 Å². The molecule has 1 aliphatic carbocycles. The van der Waals surface area contributed by atoms with Gasteiger partial charge in [0.05, 0.1) is 16.9 Å². The number of alkyl halides is 3. The molecule has 1 fully saturated rings. The summed E-state index contributed by atoms with van der Waals surface area (Å²) in [6, 6.07) is 3.56. The summed E-state index contributed by atoms with van der Waals surface area (Å²) in [5, 5.41) is 11.0. The third kappa shape index (κ3) is 3.60. The predicted octanol–water partition coefficient (Wildman–Crippen LogP) is 3.52. The topological polar surface area (TPSA) is 78.7 Å². The maximum absolute atomic E-state index is 12.3. The van der Waals surface area contributed by atoms with Crippen molar-refractivity contribution in [3.63, 3.8) is 0 Å².